The first-order valence-electron chi connectivity index (χ1n) is 10.6. The monoisotopic (exact) mass is 503 g/mol. The maximum Gasteiger partial charge on any atom is 0.161 e. The molecule has 0 spiro atoms. The highest BCUT2D eigenvalue weighted by molar-refractivity contribution is 8.01. The van der Waals surface area contributed by atoms with Gasteiger partial charge >= 0.3 is 0 Å². The highest BCUT2D eigenvalue weighted by Crippen LogP contribution is 2.50. The Balaban J connectivity index is 1.97. The zero-order valence-corrected chi connectivity index (χ0v) is 21.0. The molecule has 2 aliphatic rings. The molecule has 1 aromatic carbocycles. The molecule has 1 aliphatic heterocycles. The summed E-state index contributed by atoms with van der Waals surface area (Å²) in [5.74, 6) is 0.909. The molecule has 0 saturated heterocycles. The van der Waals surface area contributed by atoms with Crippen LogP contribution in [0.5, 0.6) is 0 Å². The fourth-order valence-electron chi connectivity index (χ4n) is 4.38. The number of nitrogens with zero attached hydrogens (tertiary/aromatic N) is 2. The lowest BCUT2D eigenvalue weighted by molar-refractivity contribution is -0.116. The number of hydrogen-bond acceptors (Lipinski definition) is 6. The van der Waals surface area contributed by atoms with Gasteiger partial charge in [-0.1, -0.05) is 37.0 Å². The Morgan fingerprint density at radius 2 is 2.03 bits per heavy atom. The Morgan fingerprint density at radius 3 is 2.69 bits per heavy atom. The van der Waals surface area contributed by atoms with Gasteiger partial charge in [-0.2, -0.15) is 5.26 Å². The second-order valence-corrected chi connectivity index (χ2v) is 11.1. The van der Waals surface area contributed by atoms with Gasteiger partial charge in [-0.3, -0.25) is 9.69 Å². The molecule has 4 nitrogen and oxygen atoms in total. The number of aryl methyl sites for hydroxylation is 1. The van der Waals surface area contributed by atoms with Crippen LogP contribution in [-0.4, -0.2) is 11.5 Å². The van der Waals surface area contributed by atoms with Crippen molar-refractivity contribution < 1.29 is 4.79 Å². The van der Waals surface area contributed by atoms with Crippen molar-refractivity contribution in [3.8, 4) is 6.07 Å². The van der Waals surface area contributed by atoms with Gasteiger partial charge in [0.15, 0.2) is 5.78 Å². The number of nitrogens with two attached hydrogens (primary N) is 1. The number of hydrogen-bond donors (Lipinski definition) is 1. The lowest BCUT2D eigenvalue weighted by atomic mass is 9.76. The van der Waals surface area contributed by atoms with E-state index in [1.54, 1.807) is 35.2 Å². The van der Waals surface area contributed by atoms with Crippen LogP contribution in [0.1, 0.15) is 49.5 Å². The first kappa shape index (κ1) is 23.3. The van der Waals surface area contributed by atoms with E-state index in [-0.39, 0.29) is 5.78 Å². The number of anilines is 1. The number of thioether (sulfide) groups is 1. The molecule has 0 amide bonds. The number of ketones is 1. The molecule has 166 valence electrons. The van der Waals surface area contributed by atoms with Gasteiger partial charge in [0.2, 0.25) is 0 Å². The Bertz CT molecular complexity index is 1190. The van der Waals surface area contributed by atoms with E-state index in [1.807, 2.05) is 11.0 Å². The molecule has 0 saturated carbocycles. The van der Waals surface area contributed by atoms with Crippen LogP contribution in [0.3, 0.4) is 0 Å². The van der Waals surface area contributed by atoms with E-state index in [0.29, 0.717) is 45.5 Å². The molecule has 4 rings (SSSR count). The molecule has 0 unspecified atom stereocenters. The third kappa shape index (κ3) is 3.97. The Morgan fingerprint density at radius 1 is 1.25 bits per heavy atom. The lowest BCUT2D eigenvalue weighted by Gasteiger charge is -2.39. The predicted molar refractivity (Wildman–Crippen MR) is 134 cm³/mol. The van der Waals surface area contributed by atoms with Crippen LogP contribution in [-0.2, 0) is 11.2 Å². The molecule has 32 heavy (non-hydrogen) atoms. The Labute approximate surface area is 206 Å². The number of rotatable bonds is 5. The van der Waals surface area contributed by atoms with Crippen LogP contribution >= 0.6 is 46.3 Å². The minimum absolute atomic E-state index is 0.0817. The third-order valence-corrected chi connectivity index (χ3v) is 9.00. The van der Waals surface area contributed by atoms with Crippen molar-refractivity contribution in [1.82, 2.24) is 0 Å². The van der Waals surface area contributed by atoms with Gasteiger partial charge in [0.1, 0.15) is 5.82 Å². The van der Waals surface area contributed by atoms with Gasteiger partial charge in [-0.05, 0) is 54.8 Å². The van der Waals surface area contributed by atoms with Crippen molar-refractivity contribution in [3.63, 3.8) is 0 Å². The Hall–Kier alpha value is -1.91. The Kier molecular flexibility index (Phi) is 6.92. The predicted octanol–water partition coefficient (Wildman–Crippen LogP) is 7.03. The second-order valence-electron chi connectivity index (χ2n) is 7.66. The number of Topliss-reactive ketones (excluding diaryl/α,β-unsaturated/α-hetero) is 1. The summed E-state index contributed by atoms with van der Waals surface area (Å²) in [6.45, 7) is 4.23. The van der Waals surface area contributed by atoms with Crippen LogP contribution in [0.2, 0.25) is 10.0 Å². The molecule has 1 aromatic heterocycles. The first-order valence-corrected chi connectivity index (χ1v) is 13.1. The minimum Gasteiger partial charge on any atom is -0.384 e. The first-order chi connectivity index (χ1) is 15.4. The lowest BCUT2D eigenvalue weighted by Crippen LogP contribution is -2.38. The van der Waals surface area contributed by atoms with Crippen molar-refractivity contribution in [3.05, 3.63) is 67.4 Å². The molecule has 0 radical (unpaired) electrons. The van der Waals surface area contributed by atoms with Crippen LogP contribution < -0.4 is 10.6 Å². The number of halogens is 2. The fourth-order valence-corrected chi connectivity index (χ4v) is 7.05. The molecular formula is C24H23Cl2N3OS2. The number of carbonyl (C=O) groups is 1. The normalized spacial score (nSPS) is 18.8. The van der Waals surface area contributed by atoms with Crippen molar-refractivity contribution in [2.45, 2.75) is 49.7 Å². The summed E-state index contributed by atoms with van der Waals surface area (Å²) < 4.78 is 1.16. The number of thiophene rings is 1. The summed E-state index contributed by atoms with van der Waals surface area (Å²) in [7, 11) is 0. The standard InChI is InChI=1S/C24H23Cl2N3OS2/c1-3-14-11-15(24(32-14)31-4-2)21-16(12-27)23(28)29(13-8-9-17(25)18(26)10-13)19-6-5-7-20(30)22(19)21/h8-11,21H,3-7,28H2,1-2H3/t21-/m0/s1. The van der Waals surface area contributed by atoms with E-state index >= 15 is 0 Å². The van der Waals surface area contributed by atoms with E-state index in [9.17, 15) is 10.1 Å². The SMILES string of the molecule is CCSc1sc(CC)cc1[C@H]1C(C#N)=C(N)N(c2ccc(Cl)c(Cl)c2)C2=C1C(=O)CCC2. The van der Waals surface area contributed by atoms with E-state index in [4.69, 9.17) is 28.9 Å². The summed E-state index contributed by atoms with van der Waals surface area (Å²) in [6, 6.07) is 9.75. The van der Waals surface area contributed by atoms with Gasteiger partial charge in [0.25, 0.3) is 0 Å². The van der Waals surface area contributed by atoms with Gasteiger partial charge in [0, 0.05) is 28.3 Å². The van der Waals surface area contributed by atoms with E-state index in [1.165, 1.54) is 4.88 Å². The number of carbonyl (C=O) groups excluding carboxylic acids is 1. The molecule has 1 atom stereocenters. The molecule has 8 heteroatoms. The topological polar surface area (TPSA) is 70.1 Å². The smallest absolute Gasteiger partial charge is 0.161 e. The average Bonchev–Trinajstić information content (AvgIpc) is 3.18. The van der Waals surface area contributed by atoms with Crippen molar-refractivity contribution in [1.29, 1.82) is 5.26 Å². The summed E-state index contributed by atoms with van der Waals surface area (Å²) >= 11 is 15.9. The van der Waals surface area contributed by atoms with Gasteiger partial charge < -0.3 is 5.73 Å². The molecule has 2 aromatic rings. The maximum absolute atomic E-state index is 13.3. The van der Waals surface area contributed by atoms with Crippen LogP contribution in [0, 0.1) is 11.3 Å². The third-order valence-electron chi connectivity index (χ3n) is 5.79. The van der Waals surface area contributed by atoms with Crippen LogP contribution in [0.15, 0.2) is 51.1 Å². The number of nitriles is 1. The van der Waals surface area contributed by atoms with Crippen molar-refractivity contribution in [2.24, 2.45) is 5.73 Å². The van der Waals surface area contributed by atoms with Crippen LogP contribution in [0.25, 0.3) is 0 Å². The summed E-state index contributed by atoms with van der Waals surface area (Å²) in [5.41, 5.74) is 10.3. The summed E-state index contributed by atoms with van der Waals surface area (Å²) in [6.07, 6.45) is 2.84. The summed E-state index contributed by atoms with van der Waals surface area (Å²) in [4.78, 5) is 16.4. The number of allylic oxidation sites excluding steroid dienone is 3. The molecular weight excluding hydrogens is 481 g/mol. The molecule has 1 aliphatic carbocycles. The average molecular weight is 505 g/mol. The molecule has 2 heterocycles. The largest absolute Gasteiger partial charge is 0.384 e. The molecule has 0 fully saturated rings. The maximum atomic E-state index is 13.3. The van der Waals surface area contributed by atoms with E-state index < -0.39 is 5.92 Å². The second kappa shape index (κ2) is 9.52. The van der Waals surface area contributed by atoms with Gasteiger partial charge in [-0.15, -0.1) is 23.1 Å². The quantitative estimate of drug-likeness (QED) is 0.443. The van der Waals surface area contributed by atoms with Gasteiger partial charge in [0.05, 0.1) is 31.8 Å². The highest BCUT2D eigenvalue weighted by Gasteiger charge is 2.41. The molecule has 2 N–H and O–H groups in total. The van der Waals surface area contributed by atoms with E-state index in [0.717, 1.165) is 34.1 Å². The number of benzene rings is 1. The molecule has 0 bridgehead atoms. The zero-order chi connectivity index (χ0) is 23.0. The van der Waals surface area contributed by atoms with Crippen molar-refractivity contribution >= 4 is 57.8 Å². The van der Waals surface area contributed by atoms with Crippen LogP contribution in [0.4, 0.5) is 5.69 Å². The fraction of sp³-hybridized carbons (Fsp3) is 0.333. The minimum atomic E-state index is -0.438. The van der Waals surface area contributed by atoms with Crippen molar-refractivity contribution in [2.75, 3.05) is 10.7 Å². The summed E-state index contributed by atoms with van der Waals surface area (Å²) in [5, 5.41) is 11.1. The van der Waals surface area contributed by atoms with Gasteiger partial charge in [-0.25, -0.2) is 0 Å². The highest BCUT2D eigenvalue weighted by atomic mass is 35.5. The van der Waals surface area contributed by atoms with E-state index in [2.05, 4.69) is 26.0 Å². The zero-order valence-electron chi connectivity index (χ0n) is 17.9.